The monoisotopic (exact) mass is 419 g/mol. The first kappa shape index (κ1) is 21.3. The molecule has 162 valence electrons. The van der Waals surface area contributed by atoms with Gasteiger partial charge in [-0.25, -0.2) is 9.69 Å². The summed E-state index contributed by atoms with van der Waals surface area (Å²) in [4.78, 5) is 40.1. The molecule has 1 aliphatic heterocycles. The van der Waals surface area contributed by atoms with E-state index in [1.807, 2.05) is 19.1 Å². The van der Waals surface area contributed by atoms with E-state index in [1.54, 1.807) is 24.3 Å². The SMILES string of the molecule is Cc1ccccc1N1C(=O)c2ccc(C(=O)O[C@H]3C[C@@H](C)CC[C@@H]3C(C)C)cc2C1=O. The molecule has 2 aromatic rings. The molecule has 0 unspecified atom stereocenters. The van der Waals surface area contributed by atoms with E-state index in [1.165, 1.54) is 11.0 Å². The topological polar surface area (TPSA) is 63.7 Å². The highest BCUT2D eigenvalue weighted by molar-refractivity contribution is 6.34. The van der Waals surface area contributed by atoms with E-state index in [0.717, 1.165) is 24.8 Å². The third kappa shape index (κ3) is 3.89. The maximum Gasteiger partial charge on any atom is 0.338 e. The number of carbonyl (C=O) groups excluding carboxylic acids is 3. The lowest BCUT2D eigenvalue weighted by molar-refractivity contribution is -0.0174. The smallest absolute Gasteiger partial charge is 0.338 e. The van der Waals surface area contributed by atoms with E-state index in [4.69, 9.17) is 4.74 Å². The number of aryl methyl sites for hydroxylation is 1. The van der Waals surface area contributed by atoms with Crippen LogP contribution in [0, 0.1) is 24.7 Å². The first-order valence-corrected chi connectivity index (χ1v) is 11.1. The average molecular weight is 420 g/mol. The van der Waals surface area contributed by atoms with Crippen molar-refractivity contribution in [2.75, 3.05) is 4.90 Å². The van der Waals surface area contributed by atoms with E-state index >= 15 is 0 Å². The summed E-state index contributed by atoms with van der Waals surface area (Å²) in [5.74, 6) is 0.101. The van der Waals surface area contributed by atoms with E-state index in [-0.39, 0.29) is 17.6 Å². The van der Waals surface area contributed by atoms with Gasteiger partial charge in [-0.2, -0.15) is 0 Å². The Kier molecular flexibility index (Phi) is 5.69. The van der Waals surface area contributed by atoms with Crippen LogP contribution in [0.15, 0.2) is 42.5 Å². The molecule has 5 nitrogen and oxygen atoms in total. The van der Waals surface area contributed by atoms with Gasteiger partial charge in [0.05, 0.1) is 22.4 Å². The molecule has 1 fully saturated rings. The van der Waals surface area contributed by atoms with Crippen molar-refractivity contribution in [1.29, 1.82) is 0 Å². The molecule has 31 heavy (non-hydrogen) atoms. The number of para-hydroxylation sites is 1. The first-order valence-electron chi connectivity index (χ1n) is 11.1. The fraction of sp³-hybridized carbons (Fsp3) is 0.423. The summed E-state index contributed by atoms with van der Waals surface area (Å²) in [6.45, 7) is 8.39. The molecule has 4 rings (SSSR count). The largest absolute Gasteiger partial charge is 0.458 e. The maximum atomic E-state index is 13.1. The van der Waals surface area contributed by atoms with Crippen molar-refractivity contribution in [2.24, 2.45) is 17.8 Å². The fourth-order valence-electron chi connectivity index (χ4n) is 4.86. The van der Waals surface area contributed by atoms with Crippen molar-refractivity contribution in [2.45, 2.75) is 53.1 Å². The van der Waals surface area contributed by atoms with Crippen LogP contribution < -0.4 is 4.90 Å². The van der Waals surface area contributed by atoms with Crippen LogP contribution in [0.3, 0.4) is 0 Å². The summed E-state index contributed by atoms with van der Waals surface area (Å²) in [6, 6.07) is 11.9. The van der Waals surface area contributed by atoms with Gasteiger partial charge in [-0.05, 0) is 67.3 Å². The normalized spacial score (nSPS) is 23.3. The van der Waals surface area contributed by atoms with Crippen LogP contribution in [-0.2, 0) is 4.74 Å². The van der Waals surface area contributed by atoms with Gasteiger partial charge in [0.2, 0.25) is 0 Å². The zero-order chi connectivity index (χ0) is 22.3. The van der Waals surface area contributed by atoms with Crippen molar-refractivity contribution in [1.82, 2.24) is 0 Å². The molecular formula is C26H29NO4. The highest BCUT2D eigenvalue weighted by atomic mass is 16.5. The van der Waals surface area contributed by atoms with Crippen molar-refractivity contribution in [3.05, 3.63) is 64.7 Å². The number of esters is 1. The maximum absolute atomic E-state index is 13.1. The van der Waals surface area contributed by atoms with Gasteiger partial charge < -0.3 is 4.74 Å². The van der Waals surface area contributed by atoms with E-state index in [9.17, 15) is 14.4 Å². The molecule has 0 spiro atoms. The minimum absolute atomic E-state index is 0.120. The number of hydrogen-bond acceptors (Lipinski definition) is 4. The molecule has 0 radical (unpaired) electrons. The molecule has 2 aliphatic rings. The molecular weight excluding hydrogens is 390 g/mol. The summed E-state index contributed by atoms with van der Waals surface area (Å²) < 4.78 is 5.93. The van der Waals surface area contributed by atoms with Crippen LogP contribution in [0.5, 0.6) is 0 Å². The second-order valence-electron chi connectivity index (χ2n) is 9.26. The lowest BCUT2D eigenvalue weighted by Crippen LogP contribution is -2.35. The van der Waals surface area contributed by atoms with Crippen LogP contribution in [-0.4, -0.2) is 23.9 Å². The van der Waals surface area contributed by atoms with Crippen molar-refractivity contribution < 1.29 is 19.1 Å². The zero-order valence-electron chi connectivity index (χ0n) is 18.6. The Morgan fingerprint density at radius 1 is 1.03 bits per heavy atom. The molecule has 0 N–H and O–H groups in total. The van der Waals surface area contributed by atoms with Crippen LogP contribution >= 0.6 is 0 Å². The van der Waals surface area contributed by atoms with Gasteiger partial charge in [-0.3, -0.25) is 9.59 Å². The fourth-order valence-corrected chi connectivity index (χ4v) is 4.86. The predicted octanol–water partition coefficient (Wildman–Crippen LogP) is 5.41. The standard InChI is InChI=1S/C26H29NO4/c1-15(2)19-11-9-16(3)13-23(19)31-26(30)18-10-12-20-21(14-18)25(29)27(24(20)28)22-8-6-5-7-17(22)4/h5-8,10,12,14-16,19,23H,9,11,13H2,1-4H3/t16-,19+,23-/m0/s1. The number of ether oxygens (including phenoxy) is 1. The zero-order valence-corrected chi connectivity index (χ0v) is 18.6. The first-order chi connectivity index (χ1) is 14.8. The number of benzene rings is 2. The molecule has 2 amide bonds. The molecule has 0 saturated heterocycles. The van der Waals surface area contributed by atoms with Gasteiger partial charge in [0.15, 0.2) is 0 Å². The number of fused-ring (bicyclic) bond motifs is 1. The Morgan fingerprint density at radius 2 is 1.74 bits per heavy atom. The lowest BCUT2D eigenvalue weighted by Gasteiger charge is -2.36. The molecule has 1 heterocycles. The molecule has 2 aromatic carbocycles. The Hall–Kier alpha value is -2.95. The lowest BCUT2D eigenvalue weighted by atomic mass is 9.75. The average Bonchev–Trinajstić information content (AvgIpc) is 2.98. The molecule has 0 bridgehead atoms. The number of rotatable bonds is 4. The van der Waals surface area contributed by atoms with Gasteiger partial charge in [0.25, 0.3) is 11.8 Å². The van der Waals surface area contributed by atoms with E-state index in [2.05, 4.69) is 20.8 Å². The van der Waals surface area contributed by atoms with Crippen LogP contribution in [0.25, 0.3) is 0 Å². The van der Waals surface area contributed by atoms with Gasteiger partial charge >= 0.3 is 5.97 Å². The van der Waals surface area contributed by atoms with Crippen molar-refractivity contribution in [3.8, 4) is 0 Å². The van der Waals surface area contributed by atoms with Crippen molar-refractivity contribution >= 4 is 23.5 Å². The summed E-state index contributed by atoms with van der Waals surface area (Å²) in [6.07, 6.45) is 2.95. The minimum atomic E-state index is -0.429. The second kappa shape index (κ2) is 8.29. The summed E-state index contributed by atoms with van der Waals surface area (Å²) in [5.41, 5.74) is 2.28. The van der Waals surface area contributed by atoms with Crippen LogP contribution in [0.2, 0.25) is 0 Å². The van der Waals surface area contributed by atoms with Crippen molar-refractivity contribution in [3.63, 3.8) is 0 Å². The third-order valence-corrected chi connectivity index (χ3v) is 6.70. The Bertz CT molecular complexity index is 1040. The van der Waals surface area contributed by atoms with E-state index < -0.39 is 11.9 Å². The van der Waals surface area contributed by atoms with Gasteiger partial charge in [0.1, 0.15) is 6.10 Å². The summed E-state index contributed by atoms with van der Waals surface area (Å²) >= 11 is 0. The minimum Gasteiger partial charge on any atom is -0.458 e. The predicted molar refractivity (Wildman–Crippen MR) is 119 cm³/mol. The number of imide groups is 1. The molecule has 1 aliphatic carbocycles. The van der Waals surface area contributed by atoms with Crippen LogP contribution in [0.4, 0.5) is 5.69 Å². The van der Waals surface area contributed by atoms with Gasteiger partial charge in [0, 0.05) is 0 Å². The Morgan fingerprint density at radius 3 is 2.45 bits per heavy atom. The molecule has 1 saturated carbocycles. The second-order valence-corrected chi connectivity index (χ2v) is 9.26. The molecule has 0 aromatic heterocycles. The number of carbonyl (C=O) groups is 3. The highest BCUT2D eigenvalue weighted by Gasteiger charge is 2.38. The molecule has 3 atom stereocenters. The Balaban J connectivity index is 1.58. The Labute approximate surface area is 183 Å². The number of nitrogens with zero attached hydrogens (tertiary/aromatic N) is 1. The number of hydrogen-bond donors (Lipinski definition) is 0. The number of anilines is 1. The van der Waals surface area contributed by atoms with E-state index in [0.29, 0.717) is 34.6 Å². The molecule has 5 heteroatoms. The van der Waals surface area contributed by atoms with Gasteiger partial charge in [-0.15, -0.1) is 0 Å². The van der Waals surface area contributed by atoms with Crippen LogP contribution in [0.1, 0.15) is 76.7 Å². The highest BCUT2D eigenvalue weighted by Crippen LogP contribution is 2.36. The third-order valence-electron chi connectivity index (χ3n) is 6.70. The summed E-state index contributed by atoms with van der Waals surface area (Å²) in [7, 11) is 0. The summed E-state index contributed by atoms with van der Waals surface area (Å²) in [5, 5.41) is 0. The quantitative estimate of drug-likeness (QED) is 0.491. The number of amides is 2. The van der Waals surface area contributed by atoms with Gasteiger partial charge in [-0.1, -0.05) is 45.4 Å².